The van der Waals surface area contributed by atoms with Crippen molar-refractivity contribution in [2.75, 3.05) is 13.1 Å². The van der Waals surface area contributed by atoms with Crippen LogP contribution in [0.2, 0.25) is 0 Å². The van der Waals surface area contributed by atoms with E-state index in [9.17, 15) is 0 Å². The van der Waals surface area contributed by atoms with Gasteiger partial charge >= 0.3 is 0 Å². The van der Waals surface area contributed by atoms with Crippen molar-refractivity contribution >= 4 is 0 Å². The summed E-state index contributed by atoms with van der Waals surface area (Å²) in [6.45, 7) is 8.98. The van der Waals surface area contributed by atoms with Gasteiger partial charge in [0.05, 0.1) is 0 Å². The molecule has 0 amide bonds. The number of rotatable bonds is 4. The highest BCUT2D eigenvalue weighted by atomic mass is 15.2. The highest BCUT2D eigenvalue weighted by molar-refractivity contribution is 5.25. The standard InChI is InChI=1S/C17H28N2/c1-4-14-6-8-15(9-7-14)17(5-2)19-11-10-13(3)16(18)12-19/h6-9,13,16-17H,4-5,10-12,18H2,1-3H3. The molecule has 0 saturated carbocycles. The molecule has 1 heterocycles. The molecule has 19 heavy (non-hydrogen) atoms. The maximum atomic E-state index is 6.24. The van der Waals surface area contributed by atoms with Gasteiger partial charge in [-0.05, 0) is 42.9 Å². The average molecular weight is 260 g/mol. The number of nitrogens with two attached hydrogens (primary N) is 1. The van der Waals surface area contributed by atoms with Crippen molar-refractivity contribution < 1.29 is 0 Å². The number of benzene rings is 1. The summed E-state index contributed by atoms with van der Waals surface area (Å²) in [6.07, 6.45) is 3.50. The molecule has 0 aliphatic carbocycles. The summed E-state index contributed by atoms with van der Waals surface area (Å²) >= 11 is 0. The summed E-state index contributed by atoms with van der Waals surface area (Å²) in [5.41, 5.74) is 9.11. The molecule has 3 unspecified atom stereocenters. The second-order valence-electron chi connectivity index (χ2n) is 5.94. The van der Waals surface area contributed by atoms with Crippen molar-refractivity contribution in [3.8, 4) is 0 Å². The molecule has 2 nitrogen and oxygen atoms in total. The third kappa shape index (κ3) is 3.37. The number of hydrogen-bond donors (Lipinski definition) is 1. The maximum Gasteiger partial charge on any atom is 0.0346 e. The maximum absolute atomic E-state index is 6.24. The van der Waals surface area contributed by atoms with E-state index in [2.05, 4.69) is 49.9 Å². The first-order valence-corrected chi connectivity index (χ1v) is 7.74. The third-order valence-electron chi connectivity index (χ3n) is 4.65. The van der Waals surface area contributed by atoms with E-state index in [4.69, 9.17) is 5.73 Å². The molecule has 2 heteroatoms. The minimum Gasteiger partial charge on any atom is -0.326 e. The molecular weight excluding hydrogens is 232 g/mol. The summed E-state index contributed by atoms with van der Waals surface area (Å²) in [5, 5.41) is 0. The minimum atomic E-state index is 0.331. The van der Waals surface area contributed by atoms with Crippen LogP contribution in [-0.2, 0) is 6.42 Å². The smallest absolute Gasteiger partial charge is 0.0346 e. The summed E-state index contributed by atoms with van der Waals surface area (Å²) in [5.74, 6) is 0.663. The van der Waals surface area contributed by atoms with Gasteiger partial charge < -0.3 is 5.73 Å². The molecule has 0 spiro atoms. The van der Waals surface area contributed by atoms with Gasteiger partial charge in [-0.3, -0.25) is 4.90 Å². The van der Waals surface area contributed by atoms with Gasteiger partial charge in [-0.15, -0.1) is 0 Å². The lowest BCUT2D eigenvalue weighted by Gasteiger charge is -2.40. The number of hydrogen-bond acceptors (Lipinski definition) is 2. The van der Waals surface area contributed by atoms with Crippen LogP contribution < -0.4 is 5.73 Å². The summed E-state index contributed by atoms with van der Waals surface area (Å²) in [6, 6.07) is 10.0. The fourth-order valence-electron chi connectivity index (χ4n) is 3.09. The number of likely N-dealkylation sites (tertiary alicyclic amines) is 1. The van der Waals surface area contributed by atoms with E-state index in [0.717, 1.165) is 19.4 Å². The molecule has 1 aliphatic rings. The van der Waals surface area contributed by atoms with Gasteiger partial charge in [-0.2, -0.15) is 0 Å². The van der Waals surface area contributed by atoms with E-state index in [1.165, 1.54) is 24.1 Å². The Labute approximate surface area is 118 Å². The lowest BCUT2D eigenvalue weighted by atomic mass is 9.91. The van der Waals surface area contributed by atoms with Gasteiger partial charge in [-0.1, -0.05) is 45.0 Å². The van der Waals surface area contributed by atoms with Crippen LogP contribution in [0.25, 0.3) is 0 Å². The van der Waals surface area contributed by atoms with Gasteiger partial charge in [0, 0.05) is 18.6 Å². The van der Waals surface area contributed by atoms with Gasteiger partial charge in [0.1, 0.15) is 0 Å². The third-order valence-corrected chi connectivity index (χ3v) is 4.65. The highest BCUT2D eigenvalue weighted by Crippen LogP contribution is 2.28. The minimum absolute atomic E-state index is 0.331. The molecule has 2 rings (SSSR count). The predicted octanol–water partition coefficient (Wildman–Crippen LogP) is 3.37. The number of nitrogens with zero attached hydrogens (tertiary/aromatic N) is 1. The molecule has 0 aromatic heterocycles. The second kappa shape index (κ2) is 6.53. The molecular formula is C17H28N2. The van der Waals surface area contributed by atoms with Gasteiger partial charge in [0.2, 0.25) is 0 Å². The van der Waals surface area contributed by atoms with Gasteiger partial charge in [-0.25, -0.2) is 0 Å². The lowest BCUT2D eigenvalue weighted by molar-refractivity contribution is 0.117. The van der Waals surface area contributed by atoms with Crippen LogP contribution in [0.3, 0.4) is 0 Å². The van der Waals surface area contributed by atoms with Crippen LogP contribution in [0.5, 0.6) is 0 Å². The molecule has 1 aromatic carbocycles. The second-order valence-corrected chi connectivity index (χ2v) is 5.94. The fraction of sp³-hybridized carbons (Fsp3) is 0.647. The number of aryl methyl sites for hydroxylation is 1. The zero-order chi connectivity index (χ0) is 13.8. The van der Waals surface area contributed by atoms with E-state index in [1.54, 1.807) is 0 Å². The van der Waals surface area contributed by atoms with Crippen LogP contribution in [0.4, 0.5) is 0 Å². The van der Waals surface area contributed by atoms with Crippen LogP contribution in [0, 0.1) is 5.92 Å². The highest BCUT2D eigenvalue weighted by Gasteiger charge is 2.27. The lowest BCUT2D eigenvalue weighted by Crippen LogP contribution is -2.48. The molecule has 3 atom stereocenters. The quantitative estimate of drug-likeness (QED) is 0.899. The molecule has 0 radical (unpaired) electrons. The molecule has 1 aliphatic heterocycles. The van der Waals surface area contributed by atoms with Gasteiger partial charge in [0.15, 0.2) is 0 Å². The molecule has 1 fully saturated rings. The van der Waals surface area contributed by atoms with Crippen LogP contribution in [0.15, 0.2) is 24.3 Å². The Bertz CT molecular complexity index is 385. The molecule has 2 N–H and O–H groups in total. The zero-order valence-corrected chi connectivity index (χ0v) is 12.6. The SMILES string of the molecule is CCc1ccc(C(CC)N2CCC(C)C(N)C2)cc1. The molecule has 106 valence electrons. The number of piperidine rings is 1. The predicted molar refractivity (Wildman–Crippen MR) is 82.2 cm³/mol. The largest absolute Gasteiger partial charge is 0.326 e. The average Bonchev–Trinajstić information content (AvgIpc) is 2.44. The van der Waals surface area contributed by atoms with E-state index >= 15 is 0 Å². The first-order valence-electron chi connectivity index (χ1n) is 7.74. The van der Waals surface area contributed by atoms with E-state index in [0.29, 0.717) is 18.0 Å². The van der Waals surface area contributed by atoms with Crippen LogP contribution in [-0.4, -0.2) is 24.0 Å². The van der Waals surface area contributed by atoms with Gasteiger partial charge in [0.25, 0.3) is 0 Å². The molecule has 1 saturated heterocycles. The van der Waals surface area contributed by atoms with Crippen LogP contribution in [0.1, 0.15) is 50.8 Å². The normalized spacial score (nSPS) is 26.3. The van der Waals surface area contributed by atoms with Crippen molar-refractivity contribution in [3.63, 3.8) is 0 Å². The zero-order valence-electron chi connectivity index (χ0n) is 12.6. The molecule has 1 aromatic rings. The monoisotopic (exact) mass is 260 g/mol. The van der Waals surface area contributed by atoms with Crippen molar-refractivity contribution in [2.24, 2.45) is 11.7 Å². The molecule has 0 bridgehead atoms. The topological polar surface area (TPSA) is 29.3 Å². The Morgan fingerprint density at radius 1 is 1.26 bits per heavy atom. The fourth-order valence-corrected chi connectivity index (χ4v) is 3.09. The van der Waals surface area contributed by atoms with E-state index in [1.807, 2.05) is 0 Å². The van der Waals surface area contributed by atoms with Crippen molar-refractivity contribution in [3.05, 3.63) is 35.4 Å². The summed E-state index contributed by atoms with van der Waals surface area (Å²) in [7, 11) is 0. The Morgan fingerprint density at radius 2 is 1.95 bits per heavy atom. The van der Waals surface area contributed by atoms with Crippen molar-refractivity contribution in [2.45, 2.75) is 52.1 Å². The Balaban J connectivity index is 2.10. The summed E-state index contributed by atoms with van der Waals surface area (Å²) < 4.78 is 0. The first kappa shape index (κ1) is 14.5. The van der Waals surface area contributed by atoms with E-state index in [-0.39, 0.29) is 0 Å². The van der Waals surface area contributed by atoms with Crippen molar-refractivity contribution in [1.82, 2.24) is 4.90 Å². The Kier molecular flexibility index (Phi) is 5.00. The Hall–Kier alpha value is -0.860. The Morgan fingerprint density at radius 3 is 2.47 bits per heavy atom. The van der Waals surface area contributed by atoms with Crippen LogP contribution >= 0.6 is 0 Å². The summed E-state index contributed by atoms with van der Waals surface area (Å²) in [4.78, 5) is 2.58. The van der Waals surface area contributed by atoms with Crippen molar-refractivity contribution in [1.29, 1.82) is 0 Å². The first-order chi connectivity index (χ1) is 9.15. The van der Waals surface area contributed by atoms with E-state index < -0.39 is 0 Å².